The molecule has 0 bridgehead atoms. The Labute approximate surface area is 310 Å². The zero-order valence-corrected chi connectivity index (χ0v) is 28.7. The first-order chi connectivity index (χ1) is 26.2. The number of rotatable bonds is 9. The highest BCUT2D eigenvalue weighted by atomic mass is 16.6. The first-order valence-electron chi connectivity index (χ1n) is 16.7. The van der Waals surface area contributed by atoms with Crippen LogP contribution in [-0.2, 0) is 19.0 Å². The molecule has 294 valence electrons. The molecular formula is C37H38O18. The molecule has 0 aliphatic carbocycles. The quantitative estimate of drug-likeness (QED) is 0.0761. The Morgan fingerprint density at radius 1 is 0.764 bits per heavy atom. The number of methoxy groups -OCH3 is 1. The molecule has 1 aromatic heterocycles. The molecule has 10 atom stereocenters. The van der Waals surface area contributed by atoms with Gasteiger partial charge in [0.15, 0.2) is 28.6 Å². The second-order valence-electron chi connectivity index (χ2n) is 12.9. The van der Waals surface area contributed by atoms with Gasteiger partial charge in [0, 0.05) is 17.7 Å². The fourth-order valence-electron chi connectivity index (χ4n) is 6.64. The lowest BCUT2D eigenvalue weighted by Gasteiger charge is -2.43. The molecule has 0 spiro atoms. The van der Waals surface area contributed by atoms with Gasteiger partial charge in [0.2, 0.25) is 0 Å². The fraction of sp³-hybridized carbons (Fsp3) is 0.351. The average Bonchev–Trinajstić information content (AvgIpc) is 3.16. The third-order valence-corrected chi connectivity index (χ3v) is 9.54. The third-order valence-electron chi connectivity index (χ3n) is 9.54. The minimum absolute atomic E-state index is 0.0860. The molecule has 0 unspecified atom stereocenters. The summed E-state index contributed by atoms with van der Waals surface area (Å²) >= 11 is 0. The normalized spacial score (nSPS) is 28.4. The van der Waals surface area contributed by atoms with Crippen LogP contribution in [0.1, 0.15) is 28.9 Å². The Morgan fingerprint density at radius 2 is 1.40 bits per heavy atom. The van der Waals surface area contributed by atoms with Crippen molar-refractivity contribution in [1.29, 1.82) is 0 Å². The molecule has 6 rings (SSSR count). The van der Waals surface area contributed by atoms with Crippen LogP contribution in [0, 0.1) is 0 Å². The topological polar surface area (TPSA) is 307 Å². The predicted octanol–water partition coefficient (Wildman–Crippen LogP) is -0.415. The second kappa shape index (κ2) is 15.8. The Morgan fingerprint density at radius 3 is 2.04 bits per heavy atom. The van der Waals surface area contributed by atoms with Crippen LogP contribution in [-0.4, -0.2) is 131 Å². The number of carbonyl (C=O) groups is 1. The molecule has 2 aliphatic heterocycles. The van der Waals surface area contributed by atoms with Gasteiger partial charge in [0.05, 0.1) is 31.5 Å². The number of aromatic hydroxyl groups is 4. The number of carbonyl (C=O) groups excluding carboxylic acids is 1. The maximum atomic E-state index is 13.9. The van der Waals surface area contributed by atoms with Crippen LogP contribution in [0.5, 0.6) is 28.7 Å². The van der Waals surface area contributed by atoms with Crippen molar-refractivity contribution in [1.82, 2.24) is 0 Å². The highest BCUT2D eigenvalue weighted by Gasteiger charge is 2.51. The Kier molecular flexibility index (Phi) is 11.3. The van der Waals surface area contributed by atoms with E-state index in [2.05, 4.69) is 0 Å². The molecule has 3 aromatic carbocycles. The molecule has 18 heteroatoms. The monoisotopic (exact) mass is 770 g/mol. The number of ether oxygens (including phenoxy) is 4. The van der Waals surface area contributed by atoms with Gasteiger partial charge in [0.1, 0.15) is 83.3 Å². The fourth-order valence-corrected chi connectivity index (χ4v) is 6.64. The van der Waals surface area contributed by atoms with Crippen LogP contribution in [0.2, 0.25) is 0 Å². The Hall–Kier alpha value is -5.28. The van der Waals surface area contributed by atoms with Gasteiger partial charge in [-0.1, -0.05) is 6.07 Å². The van der Waals surface area contributed by atoms with Crippen LogP contribution >= 0.6 is 0 Å². The highest BCUT2D eigenvalue weighted by molar-refractivity contribution is 5.92. The van der Waals surface area contributed by atoms with Gasteiger partial charge in [0.25, 0.3) is 0 Å². The number of hydrogen-bond acceptors (Lipinski definition) is 18. The van der Waals surface area contributed by atoms with E-state index < -0.39 is 119 Å². The maximum absolute atomic E-state index is 13.9. The van der Waals surface area contributed by atoms with Crippen molar-refractivity contribution in [2.45, 2.75) is 61.0 Å². The molecule has 18 nitrogen and oxygen atoms in total. The van der Waals surface area contributed by atoms with Crippen molar-refractivity contribution in [2.24, 2.45) is 0 Å². The summed E-state index contributed by atoms with van der Waals surface area (Å²) in [6.45, 7) is -1.84. The number of esters is 1. The van der Waals surface area contributed by atoms with Gasteiger partial charge in [-0.05, 0) is 48.0 Å². The van der Waals surface area contributed by atoms with Crippen LogP contribution in [0.3, 0.4) is 0 Å². The number of fused-ring (bicyclic) bond motifs is 1. The molecule has 0 amide bonds. The number of aliphatic hydroxyl groups is 7. The number of benzene rings is 3. The van der Waals surface area contributed by atoms with E-state index in [-0.39, 0.29) is 28.6 Å². The zero-order chi connectivity index (χ0) is 39.9. The number of phenols is 4. The van der Waals surface area contributed by atoms with Crippen molar-refractivity contribution in [3.63, 3.8) is 0 Å². The van der Waals surface area contributed by atoms with Crippen molar-refractivity contribution < 1.29 is 84.3 Å². The average molecular weight is 771 g/mol. The molecule has 3 heterocycles. The van der Waals surface area contributed by atoms with E-state index in [0.717, 1.165) is 12.1 Å². The van der Waals surface area contributed by atoms with Gasteiger partial charge < -0.3 is 79.5 Å². The number of phenolic OH excluding ortho intramolecular Hbond substituents is 4. The summed E-state index contributed by atoms with van der Waals surface area (Å²) in [5, 5.41) is 117. The van der Waals surface area contributed by atoms with Crippen molar-refractivity contribution >= 4 is 23.0 Å². The molecule has 2 aliphatic rings. The van der Waals surface area contributed by atoms with Crippen molar-refractivity contribution in [3.8, 4) is 40.1 Å². The molecule has 55 heavy (non-hydrogen) atoms. The lowest BCUT2D eigenvalue weighted by atomic mass is 9.85. The van der Waals surface area contributed by atoms with Gasteiger partial charge in [-0.25, -0.2) is 4.79 Å². The van der Waals surface area contributed by atoms with Gasteiger partial charge in [-0.3, -0.25) is 4.79 Å². The van der Waals surface area contributed by atoms with Gasteiger partial charge in [-0.2, -0.15) is 0 Å². The Bertz CT molecular complexity index is 2130. The lowest BCUT2D eigenvalue weighted by molar-refractivity contribution is -0.240. The van der Waals surface area contributed by atoms with Gasteiger partial charge >= 0.3 is 5.97 Å². The molecule has 0 saturated carbocycles. The largest absolute Gasteiger partial charge is 0.508 e. The molecule has 2 saturated heterocycles. The van der Waals surface area contributed by atoms with E-state index in [9.17, 15) is 65.8 Å². The molecule has 11 N–H and O–H groups in total. The van der Waals surface area contributed by atoms with Crippen LogP contribution in [0.15, 0.2) is 63.8 Å². The van der Waals surface area contributed by atoms with E-state index >= 15 is 0 Å². The van der Waals surface area contributed by atoms with Crippen LogP contribution in [0.25, 0.3) is 28.4 Å². The minimum Gasteiger partial charge on any atom is -0.508 e. The van der Waals surface area contributed by atoms with Gasteiger partial charge in [-0.15, -0.1) is 0 Å². The smallest absolute Gasteiger partial charge is 0.331 e. The molecular weight excluding hydrogens is 732 g/mol. The number of hydrogen-bond donors (Lipinski definition) is 11. The summed E-state index contributed by atoms with van der Waals surface area (Å²) < 4.78 is 28.3. The summed E-state index contributed by atoms with van der Waals surface area (Å²) in [5.41, 5.74) is -2.43. The molecule has 0 radical (unpaired) electrons. The van der Waals surface area contributed by atoms with Crippen LogP contribution in [0.4, 0.5) is 0 Å². The third kappa shape index (κ3) is 7.30. The maximum Gasteiger partial charge on any atom is 0.331 e. The van der Waals surface area contributed by atoms with Crippen molar-refractivity contribution in [3.05, 3.63) is 81.5 Å². The standard InChI is InChI=1S/C37H38O18/c1-51-20-10-14(2-8-17(20)41)3-9-23(43)55-37-32(49)28(45)22(13-39)54-36(37)26-30(47)25(35-33(50)31(48)27(44)21(12-38)53-35)29(46)24-18(42)11-19(52-34(24)26)15-4-6-16(40)7-5-15/h2-11,21-22,27-28,31-33,35-41,44-50H,12-13H2,1H3/b9-3+/t21-,22-,27-,28-,31+,32+,33-,35+,36+,37-/m1/s1. The summed E-state index contributed by atoms with van der Waals surface area (Å²) in [6, 6.07) is 10.4. The summed E-state index contributed by atoms with van der Waals surface area (Å²) in [4.78, 5) is 27.2. The minimum atomic E-state index is -2.11. The predicted molar refractivity (Wildman–Crippen MR) is 186 cm³/mol. The SMILES string of the molecule is COc1cc(/C=C/C(=O)O[C@@H]2[C@@H](O)[C@H](O)[C@@H](CO)O[C@H]2c2c(O)c([C@@H]3O[C@H](CO)[C@@H](O)[C@H](O)[C@H]3O)c(O)c3c(=O)cc(-c4ccc(O)cc4)oc23)ccc1O. The van der Waals surface area contributed by atoms with Crippen LogP contribution < -0.4 is 10.2 Å². The molecule has 4 aromatic rings. The number of aliphatic hydroxyl groups excluding tert-OH is 7. The summed E-state index contributed by atoms with van der Waals surface area (Å²) in [7, 11) is 1.31. The summed E-state index contributed by atoms with van der Waals surface area (Å²) in [5.74, 6) is -3.67. The second-order valence-corrected chi connectivity index (χ2v) is 12.9. The highest BCUT2D eigenvalue weighted by Crippen LogP contribution is 2.51. The molecule has 2 fully saturated rings. The first-order valence-corrected chi connectivity index (χ1v) is 16.7. The zero-order valence-electron chi connectivity index (χ0n) is 28.7. The Balaban J connectivity index is 1.56. The summed E-state index contributed by atoms with van der Waals surface area (Å²) in [6.07, 6.45) is -16.8. The first kappa shape index (κ1) is 39.4. The van der Waals surface area contributed by atoms with E-state index in [4.69, 9.17) is 23.4 Å². The van der Waals surface area contributed by atoms with E-state index in [1.165, 1.54) is 55.7 Å². The van der Waals surface area contributed by atoms with E-state index in [1.54, 1.807) is 0 Å². The van der Waals surface area contributed by atoms with E-state index in [0.29, 0.717) is 5.56 Å². The van der Waals surface area contributed by atoms with E-state index in [1.807, 2.05) is 0 Å². The lowest BCUT2D eigenvalue weighted by Crippen LogP contribution is -2.56. The van der Waals surface area contributed by atoms with Crippen molar-refractivity contribution in [2.75, 3.05) is 20.3 Å².